The number of aromatic nitrogens is 2. The Labute approximate surface area is 128 Å². The fraction of sp³-hybridized carbons (Fsp3) is 0.231. The van der Waals surface area contributed by atoms with Crippen molar-refractivity contribution in [2.75, 3.05) is 12.4 Å². The van der Waals surface area contributed by atoms with Gasteiger partial charge in [0.25, 0.3) is 0 Å². The standard InChI is InChI=1S/C13H15ClN4O2S/c1-9(12-5-3-4-6-16-12)18-21(19,20)10-7-11(14)13(15-2)17-8-10/h3-9,18H,1-2H3,(H,15,17). The Hall–Kier alpha value is -1.70. The van der Waals surface area contributed by atoms with E-state index in [0.717, 1.165) is 0 Å². The molecular weight excluding hydrogens is 312 g/mol. The van der Waals surface area contributed by atoms with E-state index in [1.54, 1.807) is 38.4 Å². The molecule has 0 aliphatic heterocycles. The largest absolute Gasteiger partial charge is 0.372 e. The number of nitrogens with zero attached hydrogens (tertiary/aromatic N) is 2. The third-order valence-corrected chi connectivity index (χ3v) is 4.62. The maximum atomic E-state index is 12.3. The van der Waals surface area contributed by atoms with Crippen LogP contribution in [0.1, 0.15) is 18.7 Å². The molecule has 0 aliphatic carbocycles. The van der Waals surface area contributed by atoms with Gasteiger partial charge in [-0.2, -0.15) is 0 Å². The summed E-state index contributed by atoms with van der Waals surface area (Å²) in [6.45, 7) is 1.72. The molecule has 0 saturated carbocycles. The molecule has 0 amide bonds. The van der Waals surface area contributed by atoms with Gasteiger partial charge >= 0.3 is 0 Å². The Morgan fingerprint density at radius 2 is 2.05 bits per heavy atom. The highest BCUT2D eigenvalue weighted by Gasteiger charge is 2.20. The number of pyridine rings is 2. The van der Waals surface area contributed by atoms with Gasteiger partial charge < -0.3 is 5.32 Å². The highest BCUT2D eigenvalue weighted by molar-refractivity contribution is 7.89. The molecule has 2 N–H and O–H groups in total. The van der Waals surface area contributed by atoms with E-state index >= 15 is 0 Å². The van der Waals surface area contributed by atoms with Crippen LogP contribution in [0.25, 0.3) is 0 Å². The Balaban J connectivity index is 2.24. The zero-order valence-electron chi connectivity index (χ0n) is 11.5. The van der Waals surface area contributed by atoms with Crippen molar-refractivity contribution in [2.45, 2.75) is 17.9 Å². The Kier molecular flexibility index (Phi) is 4.76. The van der Waals surface area contributed by atoms with Crippen LogP contribution in [0.3, 0.4) is 0 Å². The van der Waals surface area contributed by atoms with Crippen molar-refractivity contribution in [1.29, 1.82) is 0 Å². The first kappa shape index (κ1) is 15.7. The first-order valence-electron chi connectivity index (χ1n) is 6.20. The zero-order valence-corrected chi connectivity index (χ0v) is 13.1. The second kappa shape index (κ2) is 6.38. The van der Waals surface area contributed by atoms with Crippen LogP contribution < -0.4 is 10.0 Å². The minimum atomic E-state index is -3.72. The summed E-state index contributed by atoms with van der Waals surface area (Å²) in [6.07, 6.45) is 2.87. The molecule has 6 nitrogen and oxygen atoms in total. The van der Waals surface area contributed by atoms with Gasteiger partial charge in [0.2, 0.25) is 10.0 Å². The Morgan fingerprint density at radius 1 is 1.29 bits per heavy atom. The summed E-state index contributed by atoms with van der Waals surface area (Å²) in [7, 11) is -2.06. The van der Waals surface area contributed by atoms with Crippen LogP contribution in [0.5, 0.6) is 0 Å². The number of anilines is 1. The quantitative estimate of drug-likeness (QED) is 0.880. The van der Waals surface area contributed by atoms with Crippen LogP contribution in [-0.4, -0.2) is 25.4 Å². The molecule has 8 heteroatoms. The molecule has 2 aromatic heterocycles. The van der Waals surface area contributed by atoms with E-state index in [2.05, 4.69) is 20.0 Å². The lowest BCUT2D eigenvalue weighted by Crippen LogP contribution is -2.27. The number of hydrogen-bond acceptors (Lipinski definition) is 5. The highest BCUT2D eigenvalue weighted by Crippen LogP contribution is 2.23. The van der Waals surface area contributed by atoms with E-state index in [-0.39, 0.29) is 9.92 Å². The molecule has 0 aliphatic rings. The van der Waals surface area contributed by atoms with Crippen LogP contribution in [-0.2, 0) is 10.0 Å². The van der Waals surface area contributed by atoms with E-state index in [4.69, 9.17) is 11.6 Å². The average molecular weight is 327 g/mol. The van der Waals surface area contributed by atoms with Crippen LogP contribution in [0.2, 0.25) is 5.02 Å². The molecular formula is C13H15ClN4O2S. The lowest BCUT2D eigenvalue weighted by molar-refractivity contribution is 0.563. The summed E-state index contributed by atoms with van der Waals surface area (Å²) in [4.78, 5) is 8.10. The molecule has 21 heavy (non-hydrogen) atoms. The fourth-order valence-electron chi connectivity index (χ4n) is 1.74. The van der Waals surface area contributed by atoms with Crippen LogP contribution in [0.4, 0.5) is 5.82 Å². The van der Waals surface area contributed by atoms with Gasteiger partial charge in [-0.05, 0) is 25.1 Å². The minimum absolute atomic E-state index is 0.00859. The molecule has 0 spiro atoms. The average Bonchev–Trinajstić information content (AvgIpc) is 2.47. The normalized spacial score (nSPS) is 12.9. The van der Waals surface area contributed by atoms with Crippen LogP contribution in [0.15, 0.2) is 41.6 Å². The van der Waals surface area contributed by atoms with E-state index in [9.17, 15) is 8.42 Å². The lowest BCUT2D eigenvalue weighted by Gasteiger charge is -2.14. The van der Waals surface area contributed by atoms with Crippen LogP contribution >= 0.6 is 11.6 Å². The fourth-order valence-corrected chi connectivity index (χ4v) is 3.26. The Bertz CT molecular complexity index is 722. The summed E-state index contributed by atoms with van der Waals surface area (Å²) < 4.78 is 27.2. The minimum Gasteiger partial charge on any atom is -0.372 e. The van der Waals surface area contributed by atoms with Crippen molar-refractivity contribution in [3.8, 4) is 0 Å². The third-order valence-electron chi connectivity index (χ3n) is 2.83. The van der Waals surface area contributed by atoms with E-state index in [0.29, 0.717) is 11.5 Å². The second-order valence-corrected chi connectivity index (χ2v) is 6.47. The smallest absolute Gasteiger partial charge is 0.242 e. The summed E-state index contributed by atoms with van der Waals surface area (Å²) in [5, 5.41) is 3.01. The molecule has 0 aromatic carbocycles. The van der Waals surface area contributed by atoms with E-state index in [1.165, 1.54) is 12.3 Å². The second-order valence-electron chi connectivity index (χ2n) is 4.35. The number of rotatable bonds is 5. The number of nitrogens with one attached hydrogen (secondary N) is 2. The van der Waals surface area contributed by atoms with Gasteiger partial charge in [-0.25, -0.2) is 18.1 Å². The molecule has 2 aromatic rings. The number of sulfonamides is 1. The Morgan fingerprint density at radius 3 is 2.62 bits per heavy atom. The molecule has 112 valence electrons. The molecule has 0 fully saturated rings. The summed E-state index contributed by atoms with van der Waals surface area (Å²) in [5.41, 5.74) is 0.631. The summed E-state index contributed by atoms with van der Waals surface area (Å²) >= 11 is 5.96. The van der Waals surface area contributed by atoms with E-state index in [1.807, 2.05) is 0 Å². The topological polar surface area (TPSA) is 84.0 Å². The van der Waals surface area contributed by atoms with Gasteiger partial charge in [0.1, 0.15) is 10.7 Å². The lowest BCUT2D eigenvalue weighted by atomic mass is 10.2. The number of halogens is 1. The maximum Gasteiger partial charge on any atom is 0.242 e. The van der Waals surface area contributed by atoms with Crippen molar-refractivity contribution in [1.82, 2.24) is 14.7 Å². The highest BCUT2D eigenvalue weighted by atomic mass is 35.5. The molecule has 0 saturated heterocycles. The third kappa shape index (κ3) is 3.69. The van der Waals surface area contributed by atoms with Crippen LogP contribution in [0, 0.1) is 0 Å². The zero-order chi connectivity index (χ0) is 15.5. The summed E-state index contributed by atoms with van der Waals surface area (Å²) in [6, 6.07) is 6.22. The first-order chi connectivity index (χ1) is 9.94. The molecule has 1 unspecified atom stereocenters. The van der Waals surface area contributed by atoms with Crippen molar-refractivity contribution < 1.29 is 8.42 Å². The monoisotopic (exact) mass is 326 g/mol. The van der Waals surface area contributed by atoms with Crippen molar-refractivity contribution in [3.63, 3.8) is 0 Å². The van der Waals surface area contributed by atoms with E-state index < -0.39 is 16.1 Å². The van der Waals surface area contributed by atoms with Crippen molar-refractivity contribution >= 4 is 27.4 Å². The predicted molar refractivity (Wildman–Crippen MR) is 81.8 cm³/mol. The molecule has 2 rings (SSSR count). The van der Waals surface area contributed by atoms with Gasteiger partial charge in [0.15, 0.2) is 0 Å². The van der Waals surface area contributed by atoms with Crippen molar-refractivity contribution in [2.24, 2.45) is 0 Å². The van der Waals surface area contributed by atoms with Gasteiger partial charge in [-0.1, -0.05) is 17.7 Å². The van der Waals surface area contributed by atoms with Gasteiger partial charge in [-0.15, -0.1) is 0 Å². The number of hydrogen-bond donors (Lipinski definition) is 2. The van der Waals surface area contributed by atoms with Gasteiger partial charge in [0, 0.05) is 19.4 Å². The molecule has 0 bridgehead atoms. The van der Waals surface area contributed by atoms with Gasteiger partial charge in [-0.3, -0.25) is 4.98 Å². The molecule has 1 atom stereocenters. The maximum absolute atomic E-state index is 12.3. The molecule has 0 radical (unpaired) electrons. The summed E-state index contributed by atoms with van der Waals surface area (Å²) in [5.74, 6) is 0.424. The predicted octanol–water partition coefficient (Wildman–Crippen LogP) is 2.21. The molecule has 2 heterocycles. The first-order valence-corrected chi connectivity index (χ1v) is 8.06. The SMILES string of the molecule is CNc1ncc(S(=O)(=O)NC(C)c2ccccn2)cc1Cl. The van der Waals surface area contributed by atoms with Crippen molar-refractivity contribution in [3.05, 3.63) is 47.4 Å². The van der Waals surface area contributed by atoms with Gasteiger partial charge in [0.05, 0.1) is 16.8 Å².